The molecule has 29 heavy (non-hydrogen) atoms. The number of aryl methyl sites for hydroxylation is 1. The minimum absolute atomic E-state index is 0.206. The molecule has 0 fully saturated rings. The van der Waals surface area contributed by atoms with E-state index in [-0.39, 0.29) is 11.0 Å². The summed E-state index contributed by atoms with van der Waals surface area (Å²) >= 11 is 6.72. The third-order valence-electron chi connectivity index (χ3n) is 4.09. The van der Waals surface area contributed by atoms with Crippen molar-refractivity contribution in [2.45, 2.75) is 6.92 Å². The predicted molar refractivity (Wildman–Crippen MR) is 116 cm³/mol. The molecule has 0 aliphatic rings. The minimum Gasteiger partial charge on any atom is -0.497 e. The molecule has 8 nitrogen and oxygen atoms in total. The number of methoxy groups -OCH3 is 1. The van der Waals surface area contributed by atoms with Gasteiger partial charge in [0.2, 0.25) is 4.96 Å². The van der Waals surface area contributed by atoms with E-state index in [0.717, 1.165) is 27.0 Å². The molecular weight excluding hydrogens is 408 g/mol. The molecule has 0 saturated heterocycles. The van der Waals surface area contributed by atoms with E-state index in [2.05, 4.69) is 25.9 Å². The van der Waals surface area contributed by atoms with Crippen molar-refractivity contribution >= 4 is 45.2 Å². The van der Waals surface area contributed by atoms with E-state index in [9.17, 15) is 4.79 Å². The van der Waals surface area contributed by atoms with Gasteiger partial charge in [0, 0.05) is 16.8 Å². The van der Waals surface area contributed by atoms with Crippen LogP contribution in [0, 0.1) is 6.92 Å². The van der Waals surface area contributed by atoms with Crippen LogP contribution in [0.2, 0.25) is 0 Å². The number of hydrogen-bond donors (Lipinski definition) is 2. The Morgan fingerprint density at radius 3 is 2.69 bits per heavy atom. The number of carbonyl (C=O) groups is 1. The van der Waals surface area contributed by atoms with E-state index in [0.29, 0.717) is 11.3 Å². The Kier molecular flexibility index (Phi) is 5.19. The number of carbonyl (C=O) groups excluding carboxylic acids is 1. The molecular formula is C19H16N6O2S2. The fraction of sp³-hybridized carbons (Fsp3) is 0.105. The molecule has 1 amide bonds. The summed E-state index contributed by atoms with van der Waals surface area (Å²) in [5, 5.41) is 19.3. The van der Waals surface area contributed by atoms with Crippen LogP contribution in [-0.2, 0) is 0 Å². The molecule has 0 aliphatic heterocycles. The highest BCUT2D eigenvalue weighted by Gasteiger charge is 2.12. The minimum atomic E-state index is -0.301. The third kappa shape index (κ3) is 4.08. The van der Waals surface area contributed by atoms with Gasteiger partial charge < -0.3 is 10.1 Å². The Morgan fingerprint density at radius 1 is 1.17 bits per heavy atom. The lowest BCUT2D eigenvalue weighted by Crippen LogP contribution is -2.34. The summed E-state index contributed by atoms with van der Waals surface area (Å²) in [5.74, 6) is 1.12. The Labute approximate surface area is 175 Å². The van der Waals surface area contributed by atoms with Crippen molar-refractivity contribution in [1.82, 2.24) is 25.1 Å². The van der Waals surface area contributed by atoms with Gasteiger partial charge in [-0.05, 0) is 55.5 Å². The highest BCUT2D eigenvalue weighted by Crippen LogP contribution is 2.27. The van der Waals surface area contributed by atoms with Crippen LogP contribution in [0.3, 0.4) is 0 Å². The summed E-state index contributed by atoms with van der Waals surface area (Å²) in [6, 6.07) is 14.4. The van der Waals surface area contributed by atoms with Crippen LogP contribution >= 0.6 is 23.6 Å². The van der Waals surface area contributed by atoms with Gasteiger partial charge in [-0.1, -0.05) is 23.5 Å². The number of benzene rings is 2. The van der Waals surface area contributed by atoms with E-state index in [1.54, 1.807) is 35.9 Å². The van der Waals surface area contributed by atoms with Crippen molar-refractivity contribution in [3.63, 3.8) is 0 Å². The van der Waals surface area contributed by atoms with Gasteiger partial charge in [-0.25, -0.2) is 0 Å². The molecule has 2 aromatic carbocycles. The molecule has 0 radical (unpaired) electrons. The molecule has 0 unspecified atom stereocenters. The molecule has 0 bridgehead atoms. The standard InChI is InChI=1S/C19H16N6O2S2/c1-11-22-23-19-25(11)24-17(29-19)13-4-3-5-14(10-13)20-18(28)21-16(26)12-6-8-15(27-2)9-7-12/h3-10H,1-2H3,(H2,20,21,26,28). The average molecular weight is 425 g/mol. The predicted octanol–water partition coefficient (Wildman–Crippen LogP) is 3.30. The normalized spacial score (nSPS) is 10.7. The molecule has 10 heteroatoms. The second-order valence-electron chi connectivity index (χ2n) is 6.07. The van der Waals surface area contributed by atoms with Gasteiger partial charge in [0.15, 0.2) is 10.9 Å². The summed E-state index contributed by atoms with van der Waals surface area (Å²) in [5.41, 5.74) is 2.14. The maximum absolute atomic E-state index is 12.3. The van der Waals surface area contributed by atoms with Gasteiger partial charge >= 0.3 is 0 Å². The highest BCUT2D eigenvalue weighted by molar-refractivity contribution is 7.80. The van der Waals surface area contributed by atoms with Crippen molar-refractivity contribution in [3.05, 3.63) is 59.9 Å². The van der Waals surface area contributed by atoms with Crippen LogP contribution < -0.4 is 15.4 Å². The van der Waals surface area contributed by atoms with Gasteiger partial charge in [-0.2, -0.15) is 9.61 Å². The Hall–Kier alpha value is -3.37. The number of rotatable bonds is 4. The van der Waals surface area contributed by atoms with Crippen molar-refractivity contribution in [3.8, 4) is 16.3 Å². The maximum Gasteiger partial charge on any atom is 0.257 e. The summed E-state index contributed by atoms with van der Waals surface area (Å²) in [4.78, 5) is 13.1. The topological polar surface area (TPSA) is 93.4 Å². The van der Waals surface area contributed by atoms with Crippen molar-refractivity contribution in [1.29, 1.82) is 0 Å². The fourth-order valence-corrected chi connectivity index (χ4v) is 3.73. The van der Waals surface area contributed by atoms with Crippen molar-refractivity contribution in [2.24, 2.45) is 0 Å². The van der Waals surface area contributed by atoms with Crippen LogP contribution in [0.1, 0.15) is 16.2 Å². The quantitative estimate of drug-likeness (QED) is 0.486. The Balaban J connectivity index is 1.45. The van der Waals surface area contributed by atoms with Crippen LogP contribution in [0.4, 0.5) is 5.69 Å². The van der Waals surface area contributed by atoms with Gasteiger partial charge in [0.05, 0.1) is 7.11 Å². The number of aromatic nitrogens is 4. The monoisotopic (exact) mass is 424 g/mol. The van der Waals surface area contributed by atoms with E-state index in [4.69, 9.17) is 17.0 Å². The van der Waals surface area contributed by atoms with Crippen molar-refractivity contribution < 1.29 is 9.53 Å². The first kappa shape index (κ1) is 19.0. The molecule has 0 spiro atoms. The lowest BCUT2D eigenvalue weighted by Gasteiger charge is -2.10. The first-order valence-electron chi connectivity index (χ1n) is 8.59. The highest BCUT2D eigenvalue weighted by atomic mass is 32.1. The zero-order valence-electron chi connectivity index (χ0n) is 15.5. The number of ether oxygens (including phenoxy) is 1. The largest absolute Gasteiger partial charge is 0.497 e. The number of thiocarbonyl (C=S) groups is 1. The summed E-state index contributed by atoms with van der Waals surface area (Å²) in [6.07, 6.45) is 0. The van der Waals surface area contributed by atoms with Gasteiger partial charge in [0.1, 0.15) is 10.8 Å². The number of anilines is 1. The van der Waals surface area contributed by atoms with Crippen LogP contribution in [-0.4, -0.2) is 37.9 Å². The van der Waals surface area contributed by atoms with E-state index in [1.807, 2.05) is 31.2 Å². The van der Waals surface area contributed by atoms with Gasteiger partial charge in [0.25, 0.3) is 5.91 Å². The SMILES string of the molecule is COc1ccc(C(=O)NC(=S)Nc2cccc(-c3nn4c(C)nnc4s3)c2)cc1. The number of amides is 1. The number of nitrogens with one attached hydrogen (secondary N) is 2. The second-order valence-corrected chi connectivity index (χ2v) is 7.43. The fourth-order valence-electron chi connectivity index (χ4n) is 2.64. The van der Waals surface area contributed by atoms with E-state index < -0.39 is 0 Å². The molecule has 146 valence electrons. The Bertz CT molecular complexity index is 1200. The van der Waals surface area contributed by atoms with E-state index in [1.165, 1.54) is 11.3 Å². The maximum atomic E-state index is 12.3. The van der Waals surface area contributed by atoms with Crippen LogP contribution in [0.15, 0.2) is 48.5 Å². The number of hydrogen-bond acceptors (Lipinski definition) is 7. The van der Waals surface area contributed by atoms with E-state index >= 15 is 0 Å². The molecule has 0 saturated carbocycles. The number of nitrogens with zero attached hydrogens (tertiary/aromatic N) is 4. The lowest BCUT2D eigenvalue weighted by atomic mass is 10.2. The Morgan fingerprint density at radius 2 is 1.97 bits per heavy atom. The molecule has 0 aliphatic carbocycles. The summed E-state index contributed by atoms with van der Waals surface area (Å²) < 4.78 is 6.80. The zero-order chi connectivity index (χ0) is 20.4. The van der Waals surface area contributed by atoms with Crippen LogP contribution in [0.25, 0.3) is 15.5 Å². The molecule has 0 atom stereocenters. The summed E-state index contributed by atoms with van der Waals surface area (Å²) in [6.45, 7) is 1.85. The molecule has 2 aromatic heterocycles. The zero-order valence-corrected chi connectivity index (χ0v) is 17.2. The van der Waals surface area contributed by atoms with Crippen LogP contribution in [0.5, 0.6) is 5.75 Å². The lowest BCUT2D eigenvalue weighted by molar-refractivity contribution is 0.0977. The molecule has 2 N–H and O–H groups in total. The molecule has 4 aromatic rings. The molecule has 2 heterocycles. The first-order valence-corrected chi connectivity index (χ1v) is 9.81. The van der Waals surface area contributed by atoms with Crippen molar-refractivity contribution in [2.75, 3.05) is 12.4 Å². The van der Waals surface area contributed by atoms with Gasteiger partial charge in [-0.15, -0.1) is 10.2 Å². The van der Waals surface area contributed by atoms with Gasteiger partial charge in [-0.3, -0.25) is 10.1 Å². The average Bonchev–Trinajstić information content (AvgIpc) is 3.30. The number of fused-ring (bicyclic) bond motifs is 1. The third-order valence-corrected chi connectivity index (χ3v) is 5.25. The second kappa shape index (κ2) is 7.94. The first-order chi connectivity index (χ1) is 14.0. The molecule has 4 rings (SSSR count). The smallest absolute Gasteiger partial charge is 0.257 e. The summed E-state index contributed by atoms with van der Waals surface area (Å²) in [7, 11) is 1.57.